The van der Waals surface area contributed by atoms with Gasteiger partial charge in [0, 0.05) is 29.2 Å². The number of fused-ring (bicyclic) bond motifs is 1. The Balaban J connectivity index is 1.89. The molecule has 106 valence electrons. The molecule has 0 N–H and O–H groups in total. The van der Waals surface area contributed by atoms with Crippen molar-refractivity contribution in [1.29, 1.82) is 0 Å². The maximum atomic E-state index is 12.4. The largest absolute Gasteiger partial charge is 0.338 e. The number of hydrogen-bond acceptors (Lipinski definition) is 1. The lowest BCUT2D eigenvalue weighted by atomic mass is 10.2. The van der Waals surface area contributed by atoms with E-state index in [1.165, 1.54) is 0 Å². The minimum Gasteiger partial charge on any atom is -0.338 e. The number of aromatic nitrogens is 1. The lowest BCUT2D eigenvalue weighted by molar-refractivity contribution is -0.132. The summed E-state index contributed by atoms with van der Waals surface area (Å²) in [6.07, 6.45) is 4.15. The van der Waals surface area contributed by atoms with Crippen molar-refractivity contribution < 1.29 is 4.79 Å². The van der Waals surface area contributed by atoms with Crippen LogP contribution in [-0.4, -0.2) is 28.0 Å². The SMILES string of the molecule is CCN(C(=O)Cn1ccc2c(Cl)cc(Cl)cc21)C1CC1. The molecule has 0 saturated heterocycles. The highest BCUT2D eigenvalue weighted by molar-refractivity contribution is 6.38. The Hall–Kier alpha value is -1.19. The van der Waals surface area contributed by atoms with Crippen molar-refractivity contribution in [2.24, 2.45) is 0 Å². The number of benzene rings is 1. The van der Waals surface area contributed by atoms with Crippen LogP contribution in [0, 0.1) is 0 Å². The van der Waals surface area contributed by atoms with Crippen molar-refractivity contribution in [3.63, 3.8) is 0 Å². The van der Waals surface area contributed by atoms with E-state index in [9.17, 15) is 4.79 Å². The van der Waals surface area contributed by atoms with E-state index in [1.54, 1.807) is 6.07 Å². The van der Waals surface area contributed by atoms with E-state index < -0.39 is 0 Å². The third kappa shape index (κ3) is 2.52. The fourth-order valence-corrected chi connectivity index (χ4v) is 3.16. The standard InChI is InChI=1S/C15H16Cl2N2O/c1-2-19(11-3-4-11)15(20)9-18-6-5-12-13(17)7-10(16)8-14(12)18/h5-8,11H,2-4,9H2,1H3. The Morgan fingerprint density at radius 2 is 2.15 bits per heavy atom. The van der Waals surface area contributed by atoms with Gasteiger partial charge in [0.25, 0.3) is 0 Å². The van der Waals surface area contributed by atoms with Crippen LogP contribution < -0.4 is 0 Å². The molecule has 0 bridgehead atoms. The van der Waals surface area contributed by atoms with Crippen molar-refractivity contribution in [3.8, 4) is 0 Å². The number of likely N-dealkylation sites (N-methyl/N-ethyl adjacent to an activating group) is 1. The number of carbonyl (C=O) groups is 1. The molecule has 5 heteroatoms. The molecule has 1 saturated carbocycles. The topological polar surface area (TPSA) is 25.2 Å². The van der Waals surface area contributed by atoms with Crippen LogP contribution in [0.5, 0.6) is 0 Å². The summed E-state index contributed by atoms with van der Waals surface area (Å²) in [5.74, 6) is 0.156. The van der Waals surface area contributed by atoms with Gasteiger partial charge in [-0.15, -0.1) is 0 Å². The first-order valence-electron chi connectivity index (χ1n) is 6.83. The molecule has 0 radical (unpaired) electrons. The molecule has 0 aliphatic heterocycles. The second-order valence-corrected chi connectivity index (χ2v) is 6.02. The highest BCUT2D eigenvalue weighted by Gasteiger charge is 2.31. The second kappa shape index (κ2) is 5.30. The highest BCUT2D eigenvalue weighted by atomic mass is 35.5. The number of nitrogens with zero attached hydrogens (tertiary/aromatic N) is 2. The van der Waals surface area contributed by atoms with Crippen molar-refractivity contribution in [1.82, 2.24) is 9.47 Å². The Morgan fingerprint density at radius 3 is 2.80 bits per heavy atom. The summed E-state index contributed by atoms with van der Waals surface area (Å²) in [5.41, 5.74) is 0.905. The van der Waals surface area contributed by atoms with E-state index in [1.807, 2.05) is 34.7 Å². The fourth-order valence-electron chi connectivity index (χ4n) is 2.62. The van der Waals surface area contributed by atoms with Gasteiger partial charge in [0.05, 0.1) is 10.5 Å². The van der Waals surface area contributed by atoms with Gasteiger partial charge in [-0.3, -0.25) is 4.79 Å². The summed E-state index contributed by atoms with van der Waals surface area (Å²) < 4.78 is 1.92. The smallest absolute Gasteiger partial charge is 0.242 e. The summed E-state index contributed by atoms with van der Waals surface area (Å²) in [5, 5.41) is 2.14. The summed E-state index contributed by atoms with van der Waals surface area (Å²) >= 11 is 12.2. The van der Waals surface area contributed by atoms with E-state index in [0.717, 1.165) is 30.3 Å². The quantitative estimate of drug-likeness (QED) is 0.839. The van der Waals surface area contributed by atoms with Gasteiger partial charge in [0.1, 0.15) is 6.54 Å². The molecule has 2 aromatic rings. The number of hydrogen-bond donors (Lipinski definition) is 0. The second-order valence-electron chi connectivity index (χ2n) is 5.17. The zero-order valence-corrected chi connectivity index (χ0v) is 12.8. The van der Waals surface area contributed by atoms with Gasteiger partial charge in [0.2, 0.25) is 5.91 Å². The lowest BCUT2D eigenvalue weighted by Gasteiger charge is -2.20. The molecule has 0 atom stereocenters. The predicted octanol–water partition coefficient (Wildman–Crippen LogP) is 3.96. The van der Waals surface area contributed by atoms with Crippen molar-refractivity contribution >= 4 is 40.0 Å². The molecule has 1 amide bonds. The van der Waals surface area contributed by atoms with Crippen LogP contribution in [0.15, 0.2) is 24.4 Å². The Morgan fingerprint density at radius 1 is 1.40 bits per heavy atom. The van der Waals surface area contributed by atoms with Gasteiger partial charge in [0.15, 0.2) is 0 Å². The van der Waals surface area contributed by atoms with Gasteiger partial charge >= 0.3 is 0 Å². The van der Waals surface area contributed by atoms with E-state index >= 15 is 0 Å². The molecular formula is C15H16Cl2N2O. The molecule has 1 aliphatic carbocycles. The average molecular weight is 311 g/mol. The molecule has 1 fully saturated rings. The van der Waals surface area contributed by atoms with Gasteiger partial charge in [-0.25, -0.2) is 0 Å². The van der Waals surface area contributed by atoms with Gasteiger partial charge in [-0.05, 0) is 38.0 Å². The van der Waals surface area contributed by atoms with Crippen molar-refractivity contribution in [2.75, 3.05) is 6.54 Å². The minimum absolute atomic E-state index is 0.156. The summed E-state index contributed by atoms with van der Waals surface area (Å²) in [6, 6.07) is 5.94. The van der Waals surface area contributed by atoms with E-state index in [0.29, 0.717) is 22.6 Å². The van der Waals surface area contributed by atoms with E-state index in [2.05, 4.69) is 0 Å². The van der Waals surface area contributed by atoms with E-state index in [4.69, 9.17) is 23.2 Å². The number of rotatable bonds is 4. The van der Waals surface area contributed by atoms with Crippen LogP contribution in [0.1, 0.15) is 19.8 Å². The van der Waals surface area contributed by atoms with Crippen LogP contribution in [0.4, 0.5) is 0 Å². The van der Waals surface area contributed by atoms with Crippen molar-refractivity contribution in [3.05, 3.63) is 34.4 Å². The predicted molar refractivity (Wildman–Crippen MR) is 82.4 cm³/mol. The number of halogens is 2. The minimum atomic E-state index is 0.156. The first kappa shape index (κ1) is 13.8. The summed E-state index contributed by atoms with van der Waals surface area (Å²) in [7, 11) is 0. The first-order valence-corrected chi connectivity index (χ1v) is 7.59. The van der Waals surface area contributed by atoms with E-state index in [-0.39, 0.29) is 5.91 Å². The first-order chi connectivity index (χ1) is 9.60. The van der Waals surface area contributed by atoms with Gasteiger partial charge < -0.3 is 9.47 Å². The Labute approximate surface area is 128 Å². The molecule has 3 nitrogen and oxygen atoms in total. The molecule has 0 spiro atoms. The third-order valence-corrected chi connectivity index (χ3v) is 4.29. The summed E-state index contributed by atoms with van der Waals surface area (Å²) in [6.45, 7) is 3.13. The Bertz CT molecular complexity index is 661. The molecule has 1 aliphatic rings. The lowest BCUT2D eigenvalue weighted by Crippen LogP contribution is -2.35. The normalized spacial score (nSPS) is 14.8. The maximum Gasteiger partial charge on any atom is 0.242 e. The van der Waals surface area contributed by atoms with Crippen LogP contribution in [0.2, 0.25) is 10.0 Å². The van der Waals surface area contributed by atoms with Gasteiger partial charge in [-0.1, -0.05) is 23.2 Å². The average Bonchev–Trinajstić information content (AvgIpc) is 3.14. The molecular weight excluding hydrogens is 295 g/mol. The van der Waals surface area contributed by atoms with Crippen molar-refractivity contribution in [2.45, 2.75) is 32.4 Å². The zero-order chi connectivity index (χ0) is 14.3. The Kier molecular flexibility index (Phi) is 3.65. The molecule has 1 heterocycles. The number of amides is 1. The third-order valence-electron chi connectivity index (χ3n) is 3.76. The molecule has 1 aromatic carbocycles. The monoisotopic (exact) mass is 310 g/mol. The van der Waals surface area contributed by atoms with Crippen LogP contribution in [-0.2, 0) is 11.3 Å². The molecule has 0 unspecified atom stereocenters. The maximum absolute atomic E-state index is 12.4. The zero-order valence-electron chi connectivity index (χ0n) is 11.3. The van der Waals surface area contributed by atoms with Gasteiger partial charge in [-0.2, -0.15) is 0 Å². The number of carbonyl (C=O) groups excluding carboxylic acids is 1. The molecule has 1 aromatic heterocycles. The van der Waals surface area contributed by atoms with Crippen LogP contribution >= 0.6 is 23.2 Å². The van der Waals surface area contributed by atoms with Crippen LogP contribution in [0.25, 0.3) is 10.9 Å². The molecule has 20 heavy (non-hydrogen) atoms. The van der Waals surface area contributed by atoms with Crippen LogP contribution in [0.3, 0.4) is 0 Å². The summed E-state index contributed by atoms with van der Waals surface area (Å²) in [4.78, 5) is 14.3. The fraction of sp³-hybridized carbons (Fsp3) is 0.400. The molecule has 3 rings (SSSR count). The highest BCUT2D eigenvalue weighted by Crippen LogP contribution is 2.30.